The van der Waals surface area contributed by atoms with Crippen LogP contribution in [-0.2, 0) is 15.6 Å². The number of nitrogens with one attached hydrogen (secondary N) is 1. The van der Waals surface area contributed by atoms with Crippen molar-refractivity contribution in [2.45, 2.75) is 43.0 Å². The number of hydrogen-bond acceptors (Lipinski definition) is 3. The van der Waals surface area contributed by atoms with Gasteiger partial charge in [0, 0.05) is 16.8 Å². The fourth-order valence-corrected chi connectivity index (χ4v) is 3.64. The van der Waals surface area contributed by atoms with Gasteiger partial charge in [-0.25, -0.2) is 0 Å². The fourth-order valence-electron chi connectivity index (χ4n) is 2.44. The lowest BCUT2D eigenvalue weighted by Gasteiger charge is -2.22. The van der Waals surface area contributed by atoms with E-state index in [4.69, 9.17) is 17.3 Å². The van der Waals surface area contributed by atoms with Crippen LogP contribution in [0.3, 0.4) is 0 Å². The van der Waals surface area contributed by atoms with E-state index in [0.29, 0.717) is 15.6 Å². The first-order valence-corrected chi connectivity index (χ1v) is 8.48. The van der Waals surface area contributed by atoms with Gasteiger partial charge >= 0.3 is 0 Å². The molecule has 0 bridgehead atoms. The topological polar surface area (TPSA) is 72.2 Å². The summed E-state index contributed by atoms with van der Waals surface area (Å²) in [5.41, 5.74) is 6.14. The number of benzene rings is 1. The van der Waals surface area contributed by atoms with E-state index in [0.717, 1.165) is 25.7 Å². The summed E-state index contributed by atoms with van der Waals surface area (Å²) in [6.45, 7) is 0. The van der Waals surface area contributed by atoms with Crippen molar-refractivity contribution in [3.63, 3.8) is 0 Å². The molecule has 0 aromatic heterocycles. The van der Waals surface area contributed by atoms with E-state index in [1.165, 1.54) is 6.42 Å². The fraction of sp³-hybridized carbons (Fsp3) is 0.500. The molecule has 1 atom stereocenters. The molecule has 1 aliphatic rings. The van der Waals surface area contributed by atoms with Crippen molar-refractivity contribution in [3.8, 4) is 0 Å². The Labute approximate surface area is 126 Å². The van der Waals surface area contributed by atoms with Crippen molar-refractivity contribution in [1.29, 1.82) is 0 Å². The largest absolute Gasteiger partial charge is 0.398 e. The van der Waals surface area contributed by atoms with Crippen molar-refractivity contribution in [3.05, 3.63) is 23.2 Å². The summed E-state index contributed by atoms with van der Waals surface area (Å²) in [5.74, 6) is -0.230. The summed E-state index contributed by atoms with van der Waals surface area (Å²) in [4.78, 5) is 12.4. The molecule has 0 radical (unpaired) electrons. The third-order valence-corrected chi connectivity index (χ3v) is 5.07. The number of nitrogen functional groups attached to an aromatic ring is 1. The second kappa shape index (κ2) is 7.09. The summed E-state index contributed by atoms with van der Waals surface area (Å²) in [7, 11) is -1.43. The van der Waals surface area contributed by atoms with Crippen LogP contribution >= 0.6 is 11.6 Å². The van der Waals surface area contributed by atoms with Gasteiger partial charge < -0.3 is 11.1 Å². The molecule has 1 aliphatic carbocycles. The maximum Gasteiger partial charge on any atom is 0.233 e. The lowest BCUT2D eigenvalue weighted by atomic mass is 9.95. The molecule has 20 heavy (non-hydrogen) atoms. The quantitative estimate of drug-likeness (QED) is 0.839. The third-order valence-electron chi connectivity index (χ3n) is 3.45. The van der Waals surface area contributed by atoms with Gasteiger partial charge in [-0.2, -0.15) is 0 Å². The Balaban J connectivity index is 1.91. The van der Waals surface area contributed by atoms with Crippen LogP contribution in [0.4, 0.5) is 5.69 Å². The molecule has 0 heterocycles. The SMILES string of the molecule is Nc1cc(Cl)ccc1S(=O)CC(=O)NC1CCCCC1. The number of carbonyl (C=O) groups excluding carboxylic acids is 1. The van der Waals surface area contributed by atoms with Gasteiger partial charge in [-0.3, -0.25) is 9.00 Å². The monoisotopic (exact) mass is 314 g/mol. The van der Waals surface area contributed by atoms with Crippen molar-refractivity contribution < 1.29 is 9.00 Å². The second-order valence-electron chi connectivity index (χ2n) is 5.07. The number of halogens is 1. The van der Waals surface area contributed by atoms with Crippen LogP contribution in [0.25, 0.3) is 0 Å². The normalized spacial score (nSPS) is 17.6. The van der Waals surface area contributed by atoms with Gasteiger partial charge in [-0.15, -0.1) is 0 Å². The number of amides is 1. The van der Waals surface area contributed by atoms with Crippen LogP contribution in [0, 0.1) is 0 Å². The average Bonchev–Trinajstić information content (AvgIpc) is 2.39. The molecule has 0 aliphatic heterocycles. The molecule has 3 N–H and O–H groups in total. The highest BCUT2D eigenvalue weighted by molar-refractivity contribution is 7.86. The molecule has 1 amide bonds. The molecule has 1 fully saturated rings. The van der Waals surface area contributed by atoms with Crippen LogP contribution in [0.1, 0.15) is 32.1 Å². The maximum atomic E-state index is 12.2. The molecule has 1 aromatic rings. The van der Waals surface area contributed by atoms with E-state index < -0.39 is 10.8 Å². The zero-order valence-electron chi connectivity index (χ0n) is 11.2. The van der Waals surface area contributed by atoms with Gasteiger partial charge in [-0.05, 0) is 31.0 Å². The molecule has 1 saturated carbocycles. The van der Waals surface area contributed by atoms with E-state index in [2.05, 4.69) is 5.32 Å². The van der Waals surface area contributed by atoms with Gasteiger partial charge in [-0.1, -0.05) is 30.9 Å². The second-order valence-corrected chi connectivity index (χ2v) is 6.93. The Hall–Kier alpha value is -1.07. The summed E-state index contributed by atoms with van der Waals surface area (Å²) in [6.07, 6.45) is 5.57. The zero-order valence-corrected chi connectivity index (χ0v) is 12.8. The Kier molecular flexibility index (Phi) is 5.43. The van der Waals surface area contributed by atoms with Gasteiger partial charge in [0.05, 0.1) is 15.7 Å². The van der Waals surface area contributed by atoms with Gasteiger partial charge in [0.25, 0.3) is 0 Å². The molecular weight excluding hydrogens is 296 g/mol. The number of rotatable bonds is 4. The van der Waals surface area contributed by atoms with Crippen LogP contribution in [0.5, 0.6) is 0 Å². The summed E-state index contributed by atoms with van der Waals surface area (Å²) in [5, 5.41) is 3.45. The standard InChI is InChI=1S/C14H19ClN2O2S/c15-10-6-7-13(12(16)8-10)20(19)9-14(18)17-11-4-2-1-3-5-11/h6-8,11H,1-5,9,16H2,(H,17,18). The minimum Gasteiger partial charge on any atom is -0.398 e. The van der Waals surface area contributed by atoms with Crippen molar-refractivity contribution in [2.75, 3.05) is 11.5 Å². The van der Waals surface area contributed by atoms with Crippen molar-refractivity contribution in [2.24, 2.45) is 0 Å². The first-order chi connectivity index (χ1) is 9.56. The van der Waals surface area contributed by atoms with E-state index in [9.17, 15) is 9.00 Å². The molecule has 1 aromatic carbocycles. The lowest BCUT2D eigenvalue weighted by Crippen LogP contribution is -2.38. The van der Waals surface area contributed by atoms with E-state index >= 15 is 0 Å². The van der Waals surface area contributed by atoms with E-state index in [1.807, 2.05) is 0 Å². The van der Waals surface area contributed by atoms with Crippen LogP contribution in [-0.4, -0.2) is 21.9 Å². The first-order valence-electron chi connectivity index (χ1n) is 6.79. The predicted molar refractivity (Wildman–Crippen MR) is 82.2 cm³/mol. The third kappa shape index (κ3) is 4.21. The van der Waals surface area contributed by atoms with Gasteiger partial charge in [0.2, 0.25) is 5.91 Å². The van der Waals surface area contributed by atoms with Gasteiger partial charge in [0.1, 0.15) is 5.75 Å². The number of nitrogens with two attached hydrogens (primary N) is 1. The average molecular weight is 315 g/mol. The number of carbonyl (C=O) groups is 1. The molecule has 4 nitrogen and oxygen atoms in total. The highest BCUT2D eigenvalue weighted by Gasteiger charge is 2.18. The Morgan fingerprint density at radius 3 is 2.70 bits per heavy atom. The van der Waals surface area contributed by atoms with Crippen LogP contribution in [0.2, 0.25) is 5.02 Å². The van der Waals surface area contributed by atoms with Gasteiger partial charge in [0.15, 0.2) is 0 Å². The van der Waals surface area contributed by atoms with Crippen molar-refractivity contribution >= 4 is 34.0 Å². The summed E-state index contributed by atoms with van der Waals surface area (Å²) in [6, 6.07) is 5.02. The highest BCUT2D eigenvalue weighted by atomic mass is 35.5. The highest BCUT2D eigenvalue weighted by Crippen LogP contribution is 2.21. The molecule has 110 valence electrons. The molecule has 1 unspecified atom stereocenters. The maximum absolute atomic E-state index is 12.2. The Morgan fingerprint density at radius 1 is 1.35 bits per heavy atom. The predicted octanol–water partition coefficient (Wildman–Crippen LogP) is 2.48. The smallest absolute Gasteiger partial charge is 0.233 e. The molecule has 0 saturated heterocycles. The Bertz CT molecular complexity index is 516. The number of hydrogen-bond donors (Lipinski definition) is 2. The first kappa shape index (κ1) is 15.3. The number of anilines is 1. The minimum atomic E-state index is -1.43. The zero-order chi connectivity index (χ0) is 14.5. The van der Waals surface area contributed by atoms with Crippen LogP contribution < -0.4 is 11.1 Å². The molecular formula is C14H19ClN2O2S. The minimum absolute atomic E-state index is 0.0532. The molecule has 0 spiro atoms. The molecule has 2 rings (SSSR count). The van der Waals surface area contributed by atoms with Crippen molar-refractivity contribution in [1.82, 2.24) is 5.32 Å². The summed E-state index contributed by atoms with van der Waals surface area (Å²) >= 11 is 5.80. The lowest BCUT2D eigenvalue weighted by molar-refractivity contribution is -0.119. The van der Waals surface area contributed by atoms with E-state index in [-0.39, 0.29) is 17.7 Å². The van der Waals surface area contributed by atoms with E-state index in [1.54, 1.807) is 18.2 Å². The summed E-state index contributed by atoms with van der Waals surface area (Å²) < 4.78 is 12.2. The van der Waals surface area contributed by atoms with Crippen LogP contribution in [0.15, 0.2) is 23.1 Å². The Morgan fingerprint density at radius 2 is 2.05 bits per heavy atom. The molecule has 6 heteroatoms.